The van der Waals surface area contributed by atoms with E-state index in [9.17, 15) is 4.79 Å². The molecular formula is C16H22Cl2N4O. The van der Waals surface area contributed by atoms with Gasteiger partial charge in [-0.1, -0.05) is 25.0 Å². The van der Waals surface area contributed by atoms with Crippen molar-refractivity contribution in [2.75, 3.05) is 5.32 Å². The van der Waals surface area contributed by atoms with Crippen LogP contribution in [0.2, 0.25) is 0 Å². The minimum atomic E-state index is -0.709. The van der Waals surface area contributed by atoms with Crippen molar-refractivity contribution in [2.45, 2.75) is 31.2 Å². The van der Waals surface area contributed by atoms with Gasteiger partial charge in [-0.25, -0.2) is 4.98 Å². The van der Waals surface area contributed by atoms with Gasteiger partial charge < -0.3 is 15.6 Å². The van der Waals surface area contributed by atoms with Gasteiger partial charge in [0.05, 0.1) is 5.54 Å². The van der Waals surface area contributed by atoms with E-state index >= 15 is 0 Å². The van der Waals surface area contributed by atoms with Crippen molar-refractivity contribution in [3.63, 3.8) is 0 Å². The Morgan fingerprint density at radius 3 is 2.61 bits per heavy atom. The van der Waals surface area contributed by atoms with Gasteiger partial charge in [-0.05, 0) is 25.0 Å². The van der Waals surface area contributed by atoms with Gasteiger partial charge in [0.15, 0.2) is 0 Å². The van der Waals surface area contributed by atoms with E-state index in [1.807, 2.05) is 42.1 Å². The lowest BCUT2D eigenvalue weighted by molar-refractivity contribution is -0.121. The number of hydrogen-bond acceptors (Lipinski definition) is 3. The van der Waals surface area contributed by atoms with Crippen LogP contribution < -0.4 is 11.1 Å². The third-order valence-electron chi connectivity index (χ3n) is 4.15. The number of nitrogens with zero attached hydrogens (tertiary/aromatic N) is 2. The van der Waals surface area contributed by atoms with Crippen LogP contribution in [0.3, 0.4) is 0 Å². The molecular weight excluding hydrogens is 335 g/mol. The molecule has 0 bridgehead atoms. The first-order valence-electron chi connectivity index (χ1n) is 7.27. The zero-order valence-electron chi connectivity index (χ0n) is 13.0. The van der Waals surface area contributed by atoms with Gasteiger partial charge in [0.1, 0.15) is 5.82 Å². The van der Waals surface area contributed by atoms with Gasteiger partial charge in [-0.15, -0.1) is 24.8 Å². The van der Waals surface area contributed by atoms with Crippen LogP contribution in [0.25, 0.3) is 11.4 Å². The Morgan fingerprint density at radius 1 is 1.30 bits per heavy atom. The maximum absolute atomic E-state index is 12.3. The Bertz CT molecular complexity index is 666. The van der Waals surface area contributed by atoms with Crippen LogP contribution in [0.1, 0.15) is 25.7 Å². The first-order chi connectivity index (χ1) is 10.1. The van der Waals surface area contributed by atoms with Crippen molar-refractivity contribution < 1.29 is 4.79 Å². The molecule has 1 heterocycles. The molecule has 1 aliphatic rings. The van der Waals surface area contributed by atoms with Crippen molar-refractivity contribution in [3.8, 4) is 11.4 Å². The van der Waals surface area contributed by atoms with Crippen LogP contribution >= 0.6 is 24.8 Å². The van der Waals surface area contributed by atoms with E-state index in [1.54, 1.807) is 6.20 Å². The quantitative estimate of drug-likeness (QED) is 0.886. The highest BCUT2D eigenvalue weighted by atomic mass is 35.5. The molecule has 3 N–H and O–H groups in total. The molecule has 1 amide bonds. The molecule has 5 nitrogen and oxygen atoms in total. The fourth-order valence-corrected chi connectivity index (χ4v) is 2.87. The SMILES string of the molecule is Cl.Cl.Cn1ccnc1-c1cccc(NC(=O)C2(N)CCCC2)c1. The lowest BCUT2D eigenvalue weighted by Gasteiger charge is -2.22. The fraction of sp³-hybridized carbons (Fsp3) is 0.375. The maximum Gasteiger partial charge on any atom is 0.244 e. The topological polar surface area (TPSA) is 72.9 Å². The molecule has 23 heavy (non-hydrogen) atoms. The highest BCUT2D eigenvalue weighted by Gasteiger charge is 2.36. The number of amides is 1. The number of hydrogen-bond donors (Lipinski definition) is 2. The smallest absolute Gasteiger partial charge is 0.244 e. The summed E-state index contributed by atoms with van der Waals surface area (Å²) in [4.78, 5) is 16.7. The number of anilines is 1. The standard InChI is InChI=1S/C16H20N4O.2ClH/c1-20-10-9-18-14(20)12-5-4-6-13(11-12)19-15(21)16(17)7-2-3-8-16;;/h4-6,9-11H,2-3,7-8,17H2,1H3,(H,19,21);2*1H. The molecule has 126 valence electrons. The predicted octanol–water partition coefficient (Wildman–Crippen LogP) is 3.14. The minimum Gasteiger partial charge on any atom is -0.334 e. The summed E-state index contributed by atoms with van der Waals surface area (Å²) < 4.78 is 1.95. The van der Waals surface area contributed by atoms with Crippen LogP contribution in [0, 0.1) is 0 Å². The van der Waals surface area contributed by atoms with E-state index in [0.29, 0.717) is 0 Å². The van der Waals surface area contributed by atoms with Crippen molar-refractivity contribution >= 4 is 36.4 Å². The molecule has 1 aromatic heterocycles. The third-order valence-corrected chi connectivity index (χ3v) is 4.15. The molecule has 1 saturated carbocycles. The van der Waals surface area contributed by atoms with E-state index in [2.05, 4.69) is 10.3 Å². The Balaban J connectivity index is 0.00000132. The van der Waals surface area contributed by atoms with Crippen LogP contribution in [0.5, 0.6) is 0 Å². The number of carbonyl (C=O) groups excluding carboxylic acids is 1. The molecule has 1 aromatic carbocycles. The zero-order valence-corrected chi connectivity index (χ0v) is 14.6. The molecule has 0 unspecified atom stereocenters. The highest BCUT2D eigenvalue weighted by molar-refractivity contribution is 5.98. The number of rotatable bonds is 3. The van der Waals surface area contributed by atoms with Gasteiger partial charge in [0, 0.05) is 30.7 Å². The third kappa shape index (κ3) is 4.05. The Kier molecular flexibility index (Phi) is 6.62. The first-order valence-corrected chi connectivity index (χ1v) is 7.27. The molecule has 0 spiro atoms. The van der Waals surface area contributed by atoms with E-state index in [1.165, 1.54) is 0 Å². The summed E-state index contributed by atoms with van der Waals surface area (Å²) in [5.41, 5.74) is 7.20. The van der Waals surface area contributed by atoms with Gasteiger partial charge >= 0.3 is 0 Å². The maximum atomic E-state index is 12.3. The molecule has 1 aliphatic carbocycles. The molecule has 2 aromatic rings. The second-order valence-corrected chi connectivity index (χ2v) is 5.76. The first kappa shape index (κ1) is 19.5. The fourth-order valence-electron chi connectivity index (χ4n) is 2.87. The number of nitrogens with one attached hydrogen (secondary N) is 1. The number of nitrogens with two attached hydrogens (primary N) is 1. The van der Waals surface area contributed by atoms with Crippen LogP contribution in [0.15, 0.2) is 36.7 Å². The predicted molar refractivity (Wildman–Crippen MR) is 97.2 cm³/mol. The number of aryl methyl sites for hydroxylation is 1. The molecule has 0 saturated heterocycles. The van der Waals surface area contributed by atoms with Crippen molar-refractivity contribution in [3.05, 3.63) is 36.7 Å². The van der Waals surface area contributed by atoms with Gasteiger partial charge in [-0.3, -0.25) is 4.79 Å². The van der Waals surface area contributed by atoms with E-state index in [0.717, 1.165) is 42.8 Å². The lowest BCUT2D eigenvalue weighted by atomic mass is 9.98. The average molecular weight is 357 g/mol. The summed E-state index contributed by atoms with van der Waals surface area (Å²) in [5.74, 6) is 0.784. The lowest BCUT2D eigenvalue weighted by Crippen LogP contribution is -2.48. The summed E-state index contributed by atoms with van der Waals surface area (Å²) in [6.45, 7) is 0. The Hall–Kier alpha value is -1.56. The van der Waals surface area contributed by atoms with Crippen molar-refractivity contribution in [2.24, 2.45) is 12.8 Å². The van der Waals surface area contributed by atoms with E-state index < -0.39 is 5.54 Å². The normalized spacial score (nSPS) is 15.4. The molecule has 7 heteroatoms. The van der Waals surface area contributed by atoms with E-state index in [-0.39, 0.29) is 30.7 Å². The summed E-state index contributed by atoms with van der Waals surface area (Å²) in [6, 6.07) is 7.70. The van der Waals surface area contributed by atoms with Gasteiger partial charge in [0.2, 0.25) is 5.91 Å². The number of halogens is 2. The monoisotopic (exact) mass is 356 g/mol. The summed E-state index contributed by atoms with van der Waals surface area (Å²) in [5, 5.41) is 2.95. The molecule has 0 atom stereocenters. The Labute approximate surface area is 148 Å². The minimum absolute atomic E-state index is 0. The second kappa shape index (κ2) is 7.81. The van der Waals surface area contributed by atoms with E-state index in [4.69, 9.17) is 5.73 Å². The highest BCUT2D eigenvalue weighted by Crippen LogP contribution is 2.29. The average Bonchev–Trinajstić information content (AvgIpc) is 3.09. The molecule has 1 fully saturated rings. The van der Waals surface area contributed by atoms with Gasteiger partial charge in [0.25, 0.3) is 0 Å². The zero-order chi connectivity index (χ0) is 14.9. The largest absolute Gasteiger partial charge is 0.334 e. The number of carbonyl (C=O) groups is 1. The van der Waals surface area contributed by atoms with Crippen LogP contribution in [-0.2, 0) is 11.8 Å². The number of benzene rings is 1. The second-order valence-electron chi connectivity index (χ2n) is 5.76. The molecule has 0 radical (unpaired) electrons. The van der Waals surface area contributed by atoms with Crippen LogP contribution in [-0.4, -0.2) is 21.0 Å². The number of imidazole rings is 1. The van der Waals surface area contributed by atoms with Crippen molar-refractivity contribution in [1.29, 1.82) is 0 Å². The summed E-state index contributed by atoms with van der Waals surface area (Å²) in [7, 11) is 1.95. The van der Waals surface area contributed by atoms with Gasteiger partial charge in [-0.2, -0.15) is 0 Å². The van der Waals surface area contributed by atoms with Crippen LogP contribution in [0.4, 0.5) is 5.69 Å². The Morgan fingerprint density at radius 2 is 2.00 bits per heavy atom. The summed E-state index contributed by atoms with van der Waals surface area (Å²) in [6.07, 6.45) is 7.23. The molecule has 0 aliphatic heterocycles. The summed E-state index contributed by atoms with van der Waals surface area (Å²) >= 11 is 0. The van der Waals surface area contributed by atoms with Crippen molar-refractivity contribution in [1.82, 2.24) is 9.55 Å². The number of aromatic nitrogens is 2. The molecule has 3 rings (SSSR count).